The summed E-state index contributed by atoms with van der Waals surface area (Å²) in [7, 11) is 0. The zero-order valence-corrected chi connectivity index (χ0v) is 14.9. The van der Waals surface area contributed by atoms with E-state index >= 15 is 0 Å². The predicted molar refractivity (Wildman–Crippen MR) is 95.2 cm³/mol. The first-order valence-corrected chi connectivity index (χ1v) is 8.85. The standard InChI is InChI=1S/C19H19ClFNO4/c1-2-16(23)22(19(17(24)25)7-3-4-8-19)13-5-6-15(14(20)11-13)26-12-18(21)9-10-18/h1,5-6,11H,3-4,7-10,12H2,(H,24,25). The van der Waals surface area contributed by atoms with Crippen molar-refractivity contribution in [3.8, 4) is 18.1 Å². The monoisotopic (exact) mass is 379 g/mol. The summed E-state index contributed by atoms with van der Waals surface area (Å²) in [4.78, 5) is 25.5. The van der Waals surface area contributed by atoms with Gasteiger partial charge in [0, 0.05) is 5.69 Å². The van der Waals surface area contributed by atoms with Gasteiger partial charge in [-0.2, -0.15) is 0 Å². The topological polar surface area (TPSA) is 66.8 Å². The minimum atomic E-state index is -1.38. The van der Waals surface area contributed by atoms with Gasteiger partial charge in [0.2, 0.25) is 0 Å². The van der Waals surface area contributed by atoms with Crippen LogP contribution >= 0.6 is 11.6 Å². The maximum atomic E-state index is 13.7. The molecule has 3 rings (SSSR count). The van der Waals surface area contributed by atoms with Crippen LogP contribution in [0.2, 0.25) is 5.02 Å². The molecule has 0 saturated heterocycles. The molecule has 0 unspecified atom stereocenters. The smallest absolute Gasteiger partial charge is 0.330 e. The molecule has 7 heteroatoms. The molecule has 5 nitrogen and oxygen atoms in total. The average Bonchev–Trinajstić information content (AvgIpc) is 3.14. The first-order chi connectivity index (χ1) is 12.3. The summed E-state index contributed by atoms with van der Waals surface area (Å²) in [6.45, 7) is -0.0852. The minimum Gasteiger partial charge on any atom is -0.489 e. The number of terminal acetylenes is 1. The van der Waals surface area contributed by atoms with Crippen LogP contribution in [-0.4, -0.2) is 34.8 Å². The molecule has 2 fully saturated rings. The highest BCUT2D eigenvalue weighted by Crippen LogP contribution is 2.42. The number of aliphatic carboxylic acids is 1. The maximum Gasteiger partial charge on any atom is 0.330 e. The first-order valence-electron chi connectivity index (χ1n) is 8.47. The summed E-state index contributed by atoms with van der Waals surface area (Å²) in [5.74, 6) is 0.457. The van der Waals surface area contributed by atoms with Crippen molar-refractivity contribution < 1.29 is 23.8 Å². The molecule has 0 aliphatic heterocycles. The molecule has 2 saturated carbocycles. The van der Waals surface area contributed by atoms with Crippen LogP contribution in [0.3, 0.4) is 0 Å². The second kappa shape index (κ2) is 6.81. The fourth-order valence-corrected chi connectivity index (χ4v) is 3.58. The van der Waals surface area contributed by atoms with Crippen molar-refractivity contribution in [1.82, 2.24) is 0 Å². The summed E-state index contributed by atoms with van der Waals surface area (Å²) < 4.78 is 19.1. The Morgan fingerprint density at radius 1 is 1.31 bits per heavy atom. The van der Waals surface area contributed by atoms with Gasteiger partial charge in [-0.05, 0) is 49.8 Å². The minimum absolute atomic E-state index is 0.0852. The van der Waals surface area contributed by atoms with Crippen molar-refractivity contribution in [2.75, 3.05) is 11.5 Å². The van der Waals surface area contributed by atoms with Gasteiger partial charge in [0.1, 0.15) is 23.6 Å². The third-order valence-electron chi connectivity index (χ3n) is 5.04. The van der Waals surface area contributed by atoms with Crippen molar-refractivity contribution in [3.63, 3.8) is 0 Å². The number of carbonyl (C=O) groups excluding carboxylic acids is 1. The molecule has 0 heterocycles. The van der Waals surface area contributed by atoms with Gasteiger partial charge in [-0.25, -0.2) is 9.18 Å². The van der Waals surface area contributed by atoms with E-state index in [0.717, 1.165) is 4.90 Å². The molecular weight excluding hydrogens is 361 g/mol. The number of nitrogens with zero attached hydrogens (tertiary/aromatic N) is 1. The Kier molecular flexibility index (Phi) is 4.85. The van der Waals surface area contributed by atoms with Crippen LogP contribution < -0.4 is 9.64 Å². The molecule has 1 aromatic carbocycles. The van der Waals surface area contributed by atoms with Crippen LogP contribution in [0.25, 0.3) is 0 Å². The van der Waals surface area contributed by atoms with Crippen LogP contribution in [-0.2, 0) is 9.59 Å². The number of carboxylic acid groups (broad SMARTS) is 1. The van der Waals surface area contributed by atoms with Crippen molar-refractivity contribution in [2.45, 2.75) is 49.7 Å². The SMILES string of the molecule is C#CC(=O)N(c1ccc(OCC2(F)CC2)c(Cl)c1)C1(C(=O)O)CCCC1. The maximum absolute atomic E-state index is 13.7. The number of hydrogen-bond donors (Lipinski definition) is 1. The van der Waals surface area contributed by atoms with Gasteiger partial charge in [0.15, 0.2) is 0 Å². The van der Waals surface area contributed by atoms with E-state index in [1.807, 2.05) is 5.92 Å². The van der Waals surface area contributed by atoms with E-state index in [-0.39, 0.29) is 23.1 Å². The Morgan fingerprint density at radius 3 is 2.46 bits per heavy atom. The molecule has 0 aromatic heterocycles. The van der Waals surface area contributed by atoms with Crippen LogP contribution in [0.5, 0.6) is 5.75 Å². The van der Waals surface area contributed by atoms with E-state index in [2.05, 4.69) is 0 Å². The number of hydrogen-bond acceptors (Lipinski definition) is 3. The van der Waals surface area contributed by atoms with Gasteiger partial charge in [-0.15, -0.1) is 6.42 Å². The number of amides is 1. The lowest BCUT2D eigenvalue weighted by Gasteiger charge is -2.36. The van der Waals surface area contributed by atoms with Crippen LogP contribution in [0.4, 0.5) is 10.1 Å². The van der Waals surface area contributed by atoms with E-state index in [1.54, 1.807) is 0 Å². The van der Waals surface area contributed by atoms with Gasteiger partial charge in [0.25, 0.3) is 0 Å². The normalized spacial score (nSPS) is 19.4. The molecule has 0 bridgehead atoms. The van der Waals surface area contributed by atoms with Gasteiger partial charge < -0.3 is 9.84 Å². The summed E-state index contributed by atoms with van der Waals surface area (Å²) in [5.41, 5.74) is -2.38. The first kappa shape index (κ1) is 18.5. The van der Waals surface area contributed by atoms with Gasteiger partial charge >= 0.3 is 11.9 Å². The Bertz CT molecular complexity index is 778. The number of anilines is 1. The highest BCUT2D eigenvalue weighted by atomic mass is 35.5. The second-order valence-corrected chi connectivity index (χ2v) is 7.29. The lowest BCUT2D eigenvalue weighted by Crippen LogP contribution is -2.55. The van der Waals surface area contributed by atoms with Gasteiger partial charge in [-0.3, -0.25) is 9.69 Å². The second-order valence-electron chi connectivity index (χ2n) is 6.88. The molecule has 0 radical (unpaired) electrons. The Labute approximate surface area is 156 Å². The summed E-state index contributed by atoms with van der Waals surface area (Å²) >= 11 is 6.22. The highest BCUT2D eigenvalue weighted by Gasteiger charge is 2.49. The lowest BCUT2D eigenvalue weighted by molar-refractivity contribution is -0.144. The number of carbonyl (C=O) groups is 2. The fourth-order valence-electron chi connectivity index (χ4n) is 3.35. The van der Waals surface area contributed by atoms with E-state index in [1.165, 1.54) is 18.2 Å². The molecule has 1 aromatic rings. The molecule has 2 aliphatic carbocycles. The van der Waals surface area contributed by atoms with Crippen molar-refractivity contribution >= 4 is 29.2 Å². The lowest BCUT2D eigenvalue weighted by atomic mass is 9.94. The number of halogens is 2. The van der Waals surface area contributed by atoms with Crippen LogP contribution in [0.15, 0.2) is 18.2 Å². The summed E-state index contributed by atoms with van der Waals surface area (Å²) in [6, 6.07) is 4.47. The zero-order valence-electron chi connectivity index (χ0n) is 14.1. The number of rotatable bonds is 6. The van der Waals surface area contributed by atoms with Gasteiger partial charge in [-0.1, -0.05) is 24.4 Å². The number of alkyl halides is 1. The number of carboxylic acids is 1. The van der Waals surface area contributed by atoms with Gasteiger partial charge in [0.05, 0.1) is 5.02 Å². The molecule has 1 N–H and O–H groups in total. The molecule has 1 amide bonds. The largest absolute Gasteiger partial charge is 0.489 e. The third-order valence-corrected chi connectivity index (χ3v) is 5.33. The predicted octanol–water partition coefficient (Wildman–Crippen LogP) is 3.58. The molecule has 0 atom stereocenters. The van der Waals surface area contributed by atoms with E-state index < -0.39 is 23.1 Å². The van der Waals surface area contributed by atoms with E-state index in [9.17, 15) is 19.1 Å². The number of ether oxygens (including phenoxy) is 1. The Morgan fingerprint density at radius 2 is 1.96 bits per heavy atom. The number of benzene rings is 1. The summed E-state index contributed by atoms with van der Waals surface area (Å²) in [6.07, 6.45) is 8.22. The van der Waals surface area contributed by atoms with E-state index in [4.69, 9.17) is 22.8 Å². The molecule has 26 heavy (non-hydrogen) atoms. The summed E-state index contributed by atoms with van der Waals surface area (Å²) in [5, 5.41) is 9.95. The van der Waals surface area contributed by atoms with Crippen LogP contribution in [0, 0.1) is 12.3 Å². The Balaban J connectivity index is 1.92. The molecular formula is C19H19ClFNO4. The van der Waals surface area contributed by atoms with Crippen molar-refractivity contribution in [2.24, 2.45) is 0 Å². The van der Waals surface area contributed by atoms with Crippen molar-refractivity contribution in [3.05, 3.63) is 23.2 Å². The Hall–Kier alpha value is -2.26. The third kappa shape index (κ3) is 3.36. The average molecular weight is 380 g/mol. The molecule has 0 spiro atoms. The zero-order chi connectivity index (χ0) is 18.9. The molecule has 2 aliphatic rings. The van der Waals surface area contributed by atoms with Crippen LogP contribution in [0.1, 0.15) is 38.5 Å². The fraction of sp³-hybridized carbons (Fsp3) is 0.474. The van der Waals surface area contributed by atoms with E-state index in [0.29, 0.717) is 38.5 Å². The quantitative estimate of drug-likeness (QED) is 0.767. The van der Waals surface area contributed by atoms with Crippen molar-refractivity contribution in [1.29, 1.82) is 0 Å². The molecule has 138 valence electrons. The highest BCUT2D eigenvalue weighted by molar-refractivity contribution is 6.32.